The highest BCUT2D eigenvalue weighted by molar-refractivity contribution is 6.36. The third-order valence-corrected chi connectivity index (χ3v) is 3.21. The molecule has 1 rings (SSSR count). The third-order valence-electron chi connectivity index (χ3n) is 2.70. The number of hydrogen-bond acceptors (Lipinski definition) is 2. The Bertz CT molecular complexity index is 537. The second-order valence-corrected chi connectivity index (χ2v) is 7.83. The van der Waals surface area contributed by atoms with Gasteiger partial charge in [-0.05, 0) is 37.8 Å². The largest absolute Gasteiger partial charge is 0.504 e. The van der Waals surface area contributed by atoms with E-state index in [4.69, 9.17) is 23.2 Å². The van der Waals surface area contributed by atoms with E-state index in [0.29, 0.717) is 5.02 Å². The van der Waals surface area contributed by atoms with Gasteiger partial charge in [-0.3, -0.25) is 0 Å². The Balaban J connectivity index is 2.79. The molecular weight excluding hydrogens is 311 g/mol. The smallest absolute Gasteiger partial charge is 0.319 e. The van der Waals surface area contributed by atoms with Crippen molar-refractivity contribution in [1.82, 2.24) is 5.32 Å². The van der Waals surface area contributed by atoms with Crippen LogP contribution in [0.1, 0.15) is 41.0 Å². The number of phenols is 1. The fraction of sp³-hybridized carbons (Fsp3) is 0.533. The molecule has 118 valence electrons. The van der Waals surface area contributed by atoms with Gasteiger partial charge in [0.1, 0.15) is 0 Å². The Labute approximate surface area is 135 Å². The summed E-state index contributed by atoms with van der Waals surface area (Å²) >= 11 is 11.7. The van der Waals surface area contributed by atoms with Gasteiger partial charge >= 0.3 is 6.03 Å². The molecule has 0 aromatic heterocycles. The van der Waals surface area contributed by atoms with Crippen LogP contribution in [-0.4, -0.2) is 16.7 Å². The molecule has 0 spiro atoms. The predicted molar refractivity (Wildman–Crippen MR) is 88.4 cm³/mol. The maximum Gasteiger partial charge on any atom is 0.319 e. The number of halogens is 2. The van der Waals surface area contributed by atoms with Crippen molar-refractivity contribution in [2.45, 2.75) is 46.6 Å². The lowest BCUT2D eigenvalue weighted by molar-refractivity contribution is 0.220. The van der Waals surface area contributed by atoms with Crippen LogP contribution in [0.4, 0.5) is 10.5 Å². The Hall–Kier alpha value is -1.13. The van der Waals surface area contributed by atoms with E-state index in [1.54, 1.807) is 0 Å². The molecule has 0 atom stereocenters. The highest BCUT2D eigenvalue weighted by Gasteiger charge is 2.27. The fourth-order valence-electron chi connectivity index (χ4n) is 2.49. The summed E-state index contributed by atoms with van der Waals surface area (Å²) in [5.41, 5.74) is -0.130. The number of urea groups is 1. The minimum atomic E-state index is -0.419. The number of carbonyl (C=O) groups excluding carboxylic acids is 1. The summed E-state index contributed by atoms with van der Waals surface area (Å²) in [6.07, 6.45) is 0.801. The third kappa shape index (κ3) is 6.02. The lowest BCUT2D eigenvalue weighted by Crippen LogP contribution is -2.47. The lowest BCUT2D eigenvalue weighted by Gasteiger charge is -2.33. The molecule has 4 nitrogen and oxygen atoms in total. The average Bonchev–Trinajstić information content (AvgIpc) is 2.20. The minimum Gasteiger partial charge on any atom is -0.504 e. The Morgan fingerprint density at radius 2 is 1.76 bits per heavy atom. The van der Waals surface area contributed by atoms with Crippen LogP contribution in [0.2, 0.25) is 10.0 Å². The second kappa shape index (κ2) is 6.32. The monoisotopic (exact) mass is 332 g/mol. The van der Waals surface area contributed by atoms with E-state index in [9.17, 15) is 9.90 Å². The molecule has 0 bridgehead atoms. The molecule has 0 aliphatic heterocycles. The van der Waals surface area contributed by atoms with Crippen LogP contribution in [0, 0.1) is 5.41 Å². The highest BCUT2D eigenvalue weighted by Crippen LogP contribution is 2.35. The Kier molecular flexibility index (Phi) is 5.40. The zero-order valence-corrected chi connectivity index (χ0v) is 14.5. The van der Waals surface area contributed by atoms with E-state index < -0.39 is 6.03 Å². The predicted octanol–water partition coefficient (Wildman–Crippen LogP) is 5.04. The first-order valence-electron chi connectivity index (χ1n) is 6.67. The number of phenolic OH excluding ortho intramolecular Hbond substituents is 1. The van der Waals surface area contributed by atoms with Crippen molar-refractivity contribution < 1.29 is 9.90 Å². The normalized spacial score (nSPS) is 12.1. The van der Waals surface area contributed by atoms with Crippen molar-refractivity contribution in [2.24, 2.45) is 5.41 Å². The van der Waals surface area contributed by atoms with Gasteiger partial charge in [0.15, 0.2) is 5.75 Å². The number of rotatable bonds is 3. The molecule has 6 heteroatoms. The van der Waals surface area contributed by atoms with Gasteiger partial charge in [-0.15, -0.1) is 0 Å². The van der Waals surface area contributed by atoms with Crippen LogP contribution >= 0.6 is 23.2 Å². The van der Waals surface area contributed by atoms with Crippen LogP contribution in [0.15, 0.2) is 12.1 Å². The molecule has 0 unspecified atom stereocenters. The van der Waals surface area contributed by atoms with Gasteiger partial charge in [0, 0.05) is 10.6 Å². The number of amides is 2. The topological polar surface area (TPSA) is 61.4 Å². The minimum absolute atomic E-state index is 0.0816. The first kappa shape index (κ1) is 17.9. The molecule has 3 N–H and O–H groups in total. The molecule has 1 aromatic carbocycles. The Morgan fingerprint density at radius 3 is 2.29 bits per heavy atom. The van der Waals surface area contributed by atoms with Crippen molar-refractivity contribution in [3.05, 3.63) is 22.2 Å². The molecule has 0 saturated heterocycles. The SMILES string of the molecule is CC(C)(C)CC(C)(C)NC(=O)Nc1cc(Cl)cc(Cl)c1O. The molecule has 0 aliphatic carbocycles. The van der Waals surface area contributed by atoms with Gasteiger partial charge in [-0.25, -0.2) is 4.79 Å². The fourth-order valence-corrected chi connectivity index (χ4v) is 2.99. The van der Waals surface area contributed by atoms with Gasteiger partial charge in [0.05, 0.1) is 10.7 Å². The maximum atomic E-state index is 12.1. The number of hydrogen-bond donors (Lipinski definition) is 3. The Morgan fingerprint density at radius 1 is 1.19 bits per heavy atom. The van der Waals surface area contributed by atoms with Crippen molar-refractivity contribution in [2.75, 3.05) is 5.32 Å². The molecule has 0 fully saturated rings. The van der Waals surface area contributed by atoms with Crippen LogP contribution < -0.4 is 10.6 Å². The first-order valence-corrected chi connectivity index (χ1v) is 7.42. The quantitative estimate of drug-likeness (QED) is 0.679. The van der Waals surface area contributed by atoms with Crippen LogP contribution in [0.25, 0.3) is 0 Å². The average molecular weight is 333 g/mol. The second-order valence-electron chi connectivity index (χ2n) is 6.98. The summed E-state index contributed by atoms with van der Waals surface area (Å²) in [6.45, 7) is 10.2. The summed E-state index contributed by atoms with van der Waals surface area (Å²) < 4.78 is 0. The molecule has 0 saturated carbocycles. The lowest BCUT2D eigenvalue weighted by atomic mass is 9.82. The van der Waals surface area contributed by atoms with E-state index in [1.165, 1.54) is 12.1 Å². The molecule has 0 aliphatic rings. The molecule has 21 heavy (non-hydrogen) atoms. The number of carbonyl (C=O) groups is 1. The van der Waals surface area contributed by atoms with Crippen molar-refractivity contribution in [1.29, 1.82) is 0 Å². The van der Waals surface area contributed by atoms with Crippen molar-refractivity contribution in [3.63, 3.8) is 0 Å². The summed E-state index contributed by atoms with van der Waals surface area (Å²) in [5, 5.41) is 15.7. The zero-order valence-electron chi connectivity index (χ0n) is 13.0. The van der Waals surface area contributed by atoms with Crippen LogP contribution in [-0.2, 0) is 0 Å². The number of nitrogens with one attached hydrogen (secondary N) is 2. The van der Waals surface area contributed by atoms with E-state index in [1.807, 2.05) is 13.8 Å². The van der Waals surface area contributed by atoms with Gasteiger partial charge in [-0.1, -0.05) is 44.0 Å². The van der Waals surface area contributed by atoms with Gasteiger partial charge in [0.2, 0.25) is 0 Å². The van der Waals surface area contributed by atoms with Crippen LogP contribution in [0.3, 0.4) is 0 Å². The van der Waals surface area contributed by atoms with E-state index in [0.717, 1.165) is 6.42 Å². The highest BCUT2D eigenvalue weighted by atomic mass is 35.5. The van der Waals surface area contributed by atoms with Crippen LogP contribution in [0.5, 0.6) is 5.75 Å². The summed E-state index contributed by atoms with van der Waals surface area (Å²) in [4.78, 5) is 12.1. The molecule has 2 amide bonds. The molecule has 0 radical (unpaired) electrons. The van der Waals surface area contributed by atoms with Crippen molar-refractivity contribution >= 4 is 34.9 Å². The number of anilines is 1. The van der Waals surface area contributed by atoms with E-state index in [-0.39, 0.29) is 27.4 Å². The summed E-state index contributed by atoms with van der Waals surface area (Å²) in [7, 11) is 0. The first-order chi connectivity index (χ1) is 9.39. The van der Waals surface area contributed by atoms with Gasteiger partial charge in [0.25, 0.3) is 0 Å². The van der Waals surface area contributed by atoms with E-state index in [2.05, 4.69) is 31.4 Å². The van der Waals surface area contributed by atoms with E-state index >= 15 is 0 Å². The number of aromatic hydroxyl groups is 1. The number of benzene rings is 1. The molecule has 1 aromatic rings. The van der Waals surface area contributed by atoms with Crippen molar-refractivity contribution in [3.8, 4) is 5.75 Å². The van der Waals surface area contributed by atoms with Gasteiger partial charge in [-0.2, -0.15) is 0 Å². The zero-order chi connectivity index (χ0) is 16.4. The summed E-state index contributed by atoms with van der Waals surface area (Å²) in [5.74, 6) is -0.204. The maximum absolute atomic E-state index is 12.1. The molecule has 0 heterocycles. The molecular formula is C15H22Cl2N2O2. The standard InChI is InChI=1S/C15H22Cl2N2O2/c1-14(2,3)8-15(4,5)19-13(21)18-11-7-9(16)6-10(17)12(11)20/h6-7,20H,8H2,1-5H3,(H2,18,19,21). The summed E-state index contributed by atoms with van der Waals surface area (Å²) in [6, 6.07) is 2.43. The van der Waals surface area contributed by atoms with Gasteiger partial charge < -0.3 is 15.7 Å².